The third-order valence-electron chi connectivity index (χ3n) is 5.15. The van der Waals surface area contributed by atoms with Crippen molar-refractivity contribution in [3.8, 4) is 5.75 Å². The molecule has 3 rings (SSSR count). The summed E-state index contributed by atoms with van der Waals surface area (Å²) < 4.78 is 8.47. The van der Waals surface area contributed by atoms with Gasteiger partial charge >= 0.3 is 5.97 Å². The molecular weight excluding hydrogens is 543 g/mol. The number of carbonyl (C=O) groups is 1. The first-order valence-corrected chi connectivity index (χ1v) is 11.5. The van der Waals surface area contributed by atoms with E-state index in [0.717, 1.165) is 14.8 Å². The van der Waals surface area contributed by atoms with Crippen molar-refractivity contribution < 1.29 is 14.6 Å². The Bertz CT molecular complexity index is 1170. The van der Waals surface area contributed by atoms with Gasteiger partial charge in [-0.15, -0.1) is 0 Å². The highest BCUT2D eigenvalue weighted by Gasteiger charge is 2.28. The number of hydrogen-bond donors (Lipinski definition) is 1. The molecule has 0 spiro atoms. The standard InChI is InChI=1S/C24H24ClIN2O4/c1-24(2,3)20(28-10-9-18(29)17(13-28)23(30)31)12-16-11-19(21(25)27-22(16)26)32-14-15-7-5-4-6-8-15/h4-11,13,20H,12,14H2,1-3H3,(H,30,31). The van der Waals surface area contributed by atoms with Gasteiger partial charge in [-0.1, -0.05) is 62.7 Å². The average Bonchev–Trinajstić information content (AvgIpc) is 2.72. The second kappa shape index (κ2) is 10.0. The lowest BCUT2D eigenvalue weighted by atomic mass is 9.83. The first kappa shape index (κ1) is 24.3. The minimum absolute atomic E-state index is 0.139. The molecule has 168 valence electrons. The highest BCUT2D eigenvalue weighted by Crippen LogP contribution is 2.36. The minimum Gasteiger partial charge on any atom is -0.486 e. The zero-order chi connectivity index (χ0) is 23.5. The van der Waals surface area contributed by atoms with E-state index in [0.29, 0.717) is 18.8 Å². The van der Waals surface area contributed by atoms with Gasteiger partial charge < -0.3 is 14.4 Å². The summed E-state index contributed by atoms with van der Waals surface area (Å²) in [6, 6.07) is 12.8. The van der Waals surface area contributed by atoms with E-state index in [4.69, 9.17) is 16.3 Å². The number of benzene rings is 1. The zero-order valence-corrected chi connectivity index (χ0v) is 20.9. The number of pyridine rings is 2. The van der Waals surface area contributed by atoms with Crippen LogP contribution in [0.15, 0.2) is 59.7 Å². The van der Waals surface area contributed by atoms with E-state index in [1.54, 1.807) is 10.8 Å². The molecule has 6 nitrogen and oxygen atoms in total. The number of aromatic carboxylic acids is 1. The number of rotatable bonds is 7. The molecule has 0 fully saturated rings. The number of carboxylic acids is 1. The maximum atomic E-state index is 11.9. The topological polar surface area (TPSA) is 81.4 Å². The van der Waals surface area contributed by atoms with Gasteiger partial charge in [0.05, 0.1) is 0 Å². The molecule has 0 aliphatic heterocycles. The van der Waals surface area contributed by atoms with Gasteiger partial charge in [0.15, 0.2) is 16.3 Å². The predicted molar refractivity (Wildman–Crippen MR) is 133 cm³/mol. The molecule has 3 aromatic rings. The van der Waals surface area contributed by atoms with E-state index in [9.17, 15) is 14.7 Å². The van der Waals surface area contributed by atoms with Gasteiger partial charge in [-0.25, -0.2) is 9.78 Å². The van der Waals surface area contributed by atoms with E-state index >= 15 is 0 Å². The second-order valence-electron chi connectivity index (χ2n) is 8.56. The quantitative estimate of drug-likeness (QED) is 0.297. The Kier molecular flexibility index (Phi) is 7.61. The molecule has 1 atom stereocenters. The maximum absolute atomic E-state index is 11.9. The Balaban J connectivity index is 1.94. The Morgan fingerprint density at radius 2 is 1.94 bits per heavy atom. The molecular formula is C24H24ClIN2O4. The minimum atomic E-state index is -1.24. The lowest BCUT2D eigenvalue weighted by Crippen LogP contribution is -2.29. The molecule has 0 saturated heterocycles. The SMILES string of the molecule is CC(C)(C)C(Cc1cc(OCc2ccccc2)c(Cl)nc1I)n1ccc(=O)c(C(=O)O)c1. The third kappa shape index (κ3) is 5.89. The maximum Gasteiger partial charge on any atom is 0.341 e. The fourth-order valence-corrected chi connectivity index (χ4v) is 4.34. The normalized spacial score (nSPS) is 12.4. The summed E-state index contributed by atoms with van der Waals surface area (Å²) in [5, 5.41) is 9.66. The van der Waals surface area contributed by atoms with E-state index in [-0.39, 0.29) is 22.2 Å². The van der Waals surface area contributed by atoms with Crippen molar-refractivity contribution in [2.75, 3.05) is 0 Å². The summed E-state index contributed by atoms with van der Waals surface area (Å²) in [4.78, 5) is 27.9. The lowest BCUT2D eigenvalue weighted by molar-refractivity contribution is 0.0693. The van der Waals surface area contributed by atoms with Gasteiger partial charge in [-0.05, 0) is 51.6 Å². The highest BCUT2D eigenvalue weighted by atomic mass is 127. The van der Waals surface area contributed by atoms with Crippen LogP contribution in [0.2, 0.25) is 5.15 Å². The summed E-state index contributed by atoms with van der Waals surface area (Å²) in [7, 11) is 0. The Morgan fingerprint density at radius 1 is 1.25 bits per heavy atom. The van der Waals surface area contributed by atoms with Crippen LogP contribution in [-0.4, -0.2) is 20.6 Å². The van der Waals surface area contributed by atoms with Crippen LogP contribution in [0.1, 0.15) is 48.3 Å². The monoisotopic (exact) mass is 566 g/mol. The molecule has 2 heterocycles. The summed E-state index contributed by atoms with van der Waals surface area (Å²) in [6.07, 6.45) is 3.59. The van der Waals surface area contributed by atoms with E-state index in [2.05, 4.69) is 48.3 Å². The molecule has 0 saturated carbocycles. The zero-order valence-electron chi connectivity index (χ0n) is 18.0. The van der Waals surface area contributed by atoms with Crippen molar-refractivity contribution >= 4 is 40.2 Å². The fourth-order valence-electron chi connectivity index (χ4n) is 3.39. The lowest BCUT2D eigenvalue weighted by Gasteiger charge is -2.33. The fraction of sp³-hybridized carbons (Fsp3) is 0.292. The largest absolute Gasteiger partial charge is 0.486 e. The second-order valence-corrected chi connectivity index (χ2v) is 9.94. The molecule has 0 radical (unpaired) electrons. The van der Waals surface area contributed by atoms with Crippen LogP contribution in [-0.2, 0) is 13.0 Å². The van der Waals surface area contributed by atoms with Crippen molar-refractivity contribution in [1.82, 2.24) is 9.55 Å². The molecule has 2 aromatic heterocycles. The van der Waals surface area contributed by atoms with Gasteiger partial charge in [-0.3, -0.25) is 4.79 Å². The molecule has 1 unspecified atom stereocenters. The van der Waals surface area contributed by atoms with Crippen LogP contribution in [0.5, 0.6) is 5.75 Å². The van der Waals surface area contributed by atoms with Crippen molar-refractivity contribution in [2.45, 2.75) is 39.8 Å². The number of halogens is 2. The summed E-state index contributed by atoms with van der Waals surface area (Å²) in [5.74, 6) is -0.749. The van der Waals surface area contributed by atoms with E-state index < -0.39 is 11.4 Å². The third-order valence-corrected chi connectivity index (χ3v) is 6.36. The number of aromatic nitrogens is 2. The van der Waals surface area contributed by atoms with Crippen LogP contribution in [0.4, 0.5) is 0 Å². The van der Waals surface area contributed by atoms with Crippen LogP contribution >= 0.6 is 34.2 Å². The first-order valence-electron chi connectivity index (χ1n) is 10.0. The highest BCUT2D eigenvalue weighted by molar-refractivity contribution is 14.1. The molecule has 0 aliphatic carbocycles. The summed E-state index contributed by atoms with van der Waals surface area (Å²) in [6.45, 7) is 6.57. The average molecular weight is 567 g/mol. The molecule has 32 heavy (non-hydrogen) atoms. The smallest absolute Gasteiger partial charge is 0.341 e. The van der Waals surface area contributed by atoms with Gasteiger partial charge in [0.25, 0.3) is 0 Å². The van der Waals surface area contributed by atoms with Crippen LogP contribution in [0, 0.1) is 9.12 Å². The van der Waals surface area contributed by atoms with Gasteiger partial charge in [0.2, 0.25) is 0 Å². The molecule has 1 aromatic carbocycles. The number of hydrogen-bond acceptors (Lipinski definition) is 4. The van der Waals surface area contributed by atoms with Gasteiger partial charge in [0.1, 0.15) is 15.9 Å². The number of carboxylic acid groups (broad SMARTS) is 1. The predicted octanol–water partition coefficient (Wildman–Crippen LogP) is 5.61. The molecule has 8 heteroatoms. The van der Waals surface area contributed by atoms with E-state index in [1.807, 2.05) is 36.4 Å². The van der Waals surface area contributed by atoms with Crippen molar-refractivity contribution in [1.29, 1.82) is 0 Å². The van der Waals surface area contributed by atoms with Crippen molar-refractivity contribution in [3.05, 3.63) is 90.6 Å². The van der Waals surface area contributed by atoms with Crippen LogP contribution < -0.4 is 10.2 Å². The Labute approximate surface area is 205 Å². The van der Waals surface area contributed by atoms with E-state index in [1.165, 1.54) is 12.3 Å². The van der Waals surface area contributed by atoms with Crippen LogP contribution in [0.3, 0.4) is 0 Å². The number of nitrogens with zero attached hydrogens (tertiary/aromatic N) is 2. The van der Waals surface area contributed by atoms with Crippen LogP contribution in [0.25, 0.3) is 0 Å². The van der Waals surface area contributed by atoms with Gasteiger partial charge in [-0.2, -0.15) is 0 Å². The molecule has 0 aliphatic rings. The summed E-state index contributed by atoms with van der Waals surface area (Å²) >= 11 is 8.48. The number of ether oxygens (including phenoxy) is 1. The first-order chi connectivity index (χ1) is 15.1. The van der Waals surface area contributed by atoms with Gasteiger partial charge in [0, 0.05) is 24.5 Å². The van der Waals surface area contributed by atoms with Crippen molar-refractivity contribution in [2.24, 2.45) is 5.41 Å². The Morgan fingerprint density at radius 3 is 2.56 bits per heavy atom. The molecule has 1 N–H and O–H groups in total. The van der Waals surface area contributed by atoms with Crippen molar-refractivity contribution in [3.63, 3.8) is 0 Å². The molecule has 0 amide bonds. The molecule has 0 bridgehead atoms. The summed E-state index contributed by atoms with van der Waals surface area (Å²) in [5.41, 5.74) is 0.941. The Hall–Kier alpha value is -2.39.